The highest BCUT2D eigenvalue weighted by molar-refractivity contribution is 5.93. The summed E-state index contributed by atoms with van der Waals surface area (Å²) in [4.78, 5) is 51.9. The van der Waals surface area contributed by atoms with Crippen LogP contribution in [0, 0.1) is 12.8 Å². The first-order valence-corrected chi connectivity index (χ1v) is 11.1. The maximum Gasteiger partial charge on any atom is 0.408 e. The van der Waals surface area contributed by atoms with Crippen molar-refractivity contribution in [1.29, 1.82) is 0 Å². The van der Waals surface area contributed by atoms with Crippen LogP contribution in [-0.4, -0.2) is 72.3 Å². The summed E-state index contributed by atoms with van der Waals surface area (Å²) in [6.45, 7) is 9.50. The van der Waals surface area contributed by atoms with Gasteiger partial charge in [0.1, 0.15) is 24.2 Å². The third kappa shape index (κ3) is 9.01. The zero-order valence-electron chi connectivity index (χ0n) is 21.0. The van der Waals surface area contributed by atoms with Crippen molar-refractivity contribution in [3.05, 3.63) is 35.4 Å². The molecule has 34 heavy (non-hydrogen) atoms. The molecule has 0 aliphatic rings. The number of ether oxygens (including phenoxy) is 2. The van der Waals surface area contributed by atoms with Gasteiger partial charge in [-0.3, -0.25) is 14.4 Å². The minimum Gasteiger partial charge on any atom is -0.468 e. The minimum atomic E-state index is -1.16. The van der Waals surface area contributed by atoms with Crippen LogP contribution in [0.25, 0.3) is 0 Å². The van der Waals surface area contributed by atoms with Crippen molar-refractivity contribution in [2.75, 3.05) is 26.8 Å². The van der Waals surface area contributed by atoms with Gasteiger partial charge in [0.15, 0.2) is 0 Å². The summed E-state index contributed by atoms with van der Waals surface area (Å²) in [6, 6.07) is 4.78. The van der Waals surface area contributed by atoms with Crippen LogP contribution >= 0.6 is 0 Å². The number of esters is 1. The fourth-order valence-corrected chi connectivity index (χ4v) is 3.15. The molecule has 3 N–H and O–H groups in total. The maximum absolute atomic E-state index is 13.6. The molecule has 10 heteroatoms. The smallest absolute Gasteiger partial charge is 0.408 e. The van der Waals surface area contributed by atoms with Crippen LogP contribution in [-0.2, 0) is 23.9 Å². The predicted molar refractivity (Wildman–Crippen MR) is 126 cm³/mol. The van der Waals surface area contributed by atoms with Crippen LogP contribution in [0.2, 0.25) is 0 Å². The van der Waals surface area contributed by atoms with Crippen molar-refractivity contribution in [3.8, 4) is 0 Å². The first-order chi connectivity index (χ1) is 15.8. The molecule has 0 fully saturated rings. The molecule has 1 rings (SSSR count). The topological polar surface area (TPSA) is 134 Å². The van der Waals surface area contributed by atoms with E-state index >= 15 is 0 Å². The molecule has 2 atom stereocenters. The van der Waals surface area contributed by atoms with E-state index in [0.29, 0.717) is 5.56 Å². The largest absolute Gasteiger partial charge is 0.468 e. The highest BCUT2D eigenvalue weighted by atomic mass is 16.6. The predicted octanol–water partition coefficient (Wildman–Crippen LogP) is 1.70. The summed E-state index contributed by atoms with van der Waals surface area (Å²) in [5, 5.41) is 14.8. The quantitative estimate of drug-likeness (QED) is 0.435. The summed E-state index contributed by atoms with van der Waals surface area (Å²) < 4.78 is 9.87. The van der Waals surface area contributed by atoms with E-state index in [4.69, 9.17) is 4.74 Å². The van der Waals surface area contributed by atoms with E-state index in [1.165, 1.54) is 12.0 Å². The van der Waals surface area contributed by atoms with Gasteiger partial charge in [0, 0.05) is 6.54 Å². The molecular formula is C24H37N3O7. The van der Waals surface area contributed by atoms with Crippen LogP contribution in [0.3, 0.4) is 0 Å². The molecule has 0 aliphatic carbocycles. The van der Waals surface area contributed by atoms with Crippen LogP contribution in [0.1, 0.15) is 51.8 Å². The number of aliphatic hydroxyl groups is 1. The number of hydrogen-bond donors (Lipinski definition) is 3. The second-order valence-electron chi connectivity index (χ2n) is 9.23. The molecule has 1 aromatic rings. The number of carbonyl (C=O) groups excluding carboxylic acids is 4. The van der Waals surface area contributed by atoms with Gasteiger partial charge in [-0.15, -0.1) is 0 Å². The molecular weight excluding hydrogens is 442 g/mol. The van der Waals surface area contributed by atoms with Crippen molar-refractivity contribution < 1.29 is 33.8 Å². The fraction of sp³-hybridized carbons (Fsp3) is 0.583. The number of alkyl carbamates (subject to hydrolysis) is 1. The minimum absolute atomic E-state index is 0.178. The molecule has 2 unspecified atom stereocenters. The molecule has 0 spiro atoms. The SMILES string of the molecule is COC(=O)CNC(=O)C(c1ccc(C)cc1)N(CCO)C(=O)C(NC(=O)OC(C)(C)C)C(C)C. The fourth-order valence-electron chi connectivity index (χ4n) is 3.15. The van der Waals surface area contributed by atoms with Crippen molar-refractivity contribution in [2.24, 2.45) is 5.92 Å². The Bertz CT molecular complexity index is 847. The van der Waals surface area contributed by atoms with E-state index in [9.17, 15) is 24.3 Å². The zero-order chi connectivity index (χ0) is 26.1. The first-order valence-electron chi connectivity index (χ1n) is 11.1. The van der Waals surface area contributed by atoms with Gasteiger partial charge in [-0.2, -0.15) is 0 Å². The van der Waals surface area contributed by atoms with Crippen LogP contribution in [0.5, 0.6) is 0 Å². The van der Waals surface area contributed by atoms with Gasteiger partial charge in [-0.25, -0.2) is 4.79 Å². The van der Waals surface area contributed by atoms with E-state index in [-0.39, 0.29) is 19.0 Å². The summed E-state index contributed by atoms with van der Waals surface area (Å²) in [5.41, 5.74) is 0.663. The summed E-state index contributed by atoms with van der Waals surface area (Å²) >= 11 is 0. The van der Waals surface area contributed by atoms with Crippen LogP contribution in [0.15, 0.2) is 24.3 Å². The Balaban J connectivity index is 3.36. The lowest BCUT2D eigenvalue weighted by atomic mass is 9.98. The number of aliphatic hydroxyl groups excluding tert-OH is 1. The monoisotopic (exact) mass is 479 g/mol. The average molecular weight is 480 g/mol. The van der Waals surface area contributed by atoms with Gasteiger partial charge in [0.25, 0.3) is 0 Å². The van der Waals surface area contributed by atoms with Crippen molar-refractivity contribution in [1.82, 2.24) is 15.5 Å². The molecule has 0 aromatic heterocycles. The Labute approximate surface area is 201 Å². The number of rotatable bonds is 10. The number of aryl methyl sites for hydroxylation is 1. The van der Waals surface area contributed by atoms with E-state index in [1.807, 2.05) is 6.92 Å². The Hall–Kier alpha value is -3.14. The molecule has 10 nitrogen and oxygen atoms in total. The highest BCUT2D eigenvalue weighted by Crippen LogP contribution is 2.24. The van der Waals surface area contributed by atoms with E-state index < -0.39 is 48.2 Å². The van der Waals surface area contributed by atoms with Gasteiger partial charge in [-0.05, 0) is 39.2 Å². The summed E-state index contributed by atoms with van der Waals surface area (Å²) in [5.74, 6) is -2.20. The molecule has 1 aromatic carbocycles. The van der Waals surface area contributed by atoms with E-state index in [0.717, 1.165) is 5.56 Å². The molecule has 3 amide bonds. The molecule has 0 bridgehead atoms. The first kappa shape index (κ1) is 28.9. The number of benzene rings is 1. The molecule has 190 valence electrons. The normalized spacial score (nSPS) is 13.0. The van der Waals surface area contributed by atoms with Crippen molar-refractivity contribution in [3.63, 3.8) is 0 Å². The van der Waals surface area contributed by atoms with Gasteiger partial charge in [0.05, 0.1) is 13.7 Å². The number of carbonyl (C=O) groups is 4. The highest BCUT2D eigenvalue weighted by Gasteiger charge is 2.37. The third-order valence-electron chi connectivity index (χ3n) is 4.82. The van der Waals surface area contributed by atoms with Gasteiger partial charge in [0.2, 0.25) is 11.8 Å². The lowest BCUT2D eigenvalue weighted by Gasteiger charge is -2.35. The number of methoxy groups -OCH3 is 1. The standard InChI is InChI=1S/C24H37N3O7/c1-15(2)19(26-23(32)34-24(4,5)6)22(31)27(12-13-28)20(17-10-8-16(3)9-11-17)21(30)25-14-18(29)33-7/h8-11,15,19-20,28H,12-14H2,1-7H3,(H,25,30)(H,26,32). The molecule has 0 saturated heterocycles. The molecule has 0 aliphatic heterocycles. The average Bonchev–Trinajstić information content (AvgIpc) is 2.74. The third-order valence-corrected chi connectivity index (χ3v) is 4.82. The number of hydrogen-bond acceptors (Lipinski definition) is 7. The summed E-state index contributed by atoms with van der Waals surface area (Å²) in [6.07, 6.45) is -0.773. The zero-order valence-corrected chi connectivity index (χ0v) is 21.0. The van der Waals surface area contributed by atoms with Crippen molar-refractivity contribution >= 4 is 23.9 Å². The molecule has 0 heterocycles. The van der Waals surface area contributed by atoms with E-state index in [1.54, 1.807) is 58.9 Å². The Morgan fingerprint density at radius 3 is 2.15 bits per heavy atom. The Morgan fingerprint density at radius 2 is 1.68 bits per heavy atom. The second kappa shape index (κ2) is 12.9. The van der Waals surface area contributed by atoms with Gasteiger partial charge >= 0.3 is 12.1 Å². The lowest BCUT2D eigenvalue weighted by molar-refractivity contribution is -0.145. The summed E-state index contributed by atoms with van der Waals surface area (Å²) in [7, 11) is 1.20. The van der Waals surface area contributed by atoms with Gasteiger partial charge < -0.3 is 30.1 Å². The van der Waals surface area contributed by atoms with Crippen LogP contribution in [0.4, 0.5) is 4.79 Å². The number of nitrogens with one attached hydrogen (secondary N) is 2. The molecule has 0 radical (unpaired) electrons. The molecule has 0 saturated carbocycles. The number of amides is 3. The van der Waals surface area contributed by atoms with E-state index in [2.05, 4.69) is 15.4 Å². The van der Waals surface area contributed by atoms with Crippen molar-refractivity contribution in [2.45, 2.75) is 59.2 Å². The lowest BCUT2D eigenvalue weighted by Crippen LogP contribution is -2.55. The Kier molecular flexibility index (Phi) is 11.0. The maximum atomic E-state index is 13.6. The number of nitrogens with zero attached hydrogens (tertiary/aromatic N) is 1. The van der Waals surface area contributed by atoms with Crippen LogP contribution < -0.4 is 10.6 Å². The van der Waals surface area contributed by atoms with Gasteiger partial charge in [-0.1, -0.05) is 43.7 Å². The second-order valence-corrected chi connectivity index (χ2v) is 9.23. The Morgan fingerprint density at radius 1 is 1.09 bits per heavy atom.